The summed E-state index contributed by atoms with van der Waals surface area (Å²) < 4.78 is 0. The van der Waals surface area contributed by atoms with Gasteiger partial charge < -0.3 is 20.4 Å². The summed E-state index contributed by atoms with van der Waals surface area (Å²) >= 11 is 0. The molecule has 0 aromatic carbocycles. The van der Waals surface area contributed by atoms with Crippen LogP contribution in [0.25, 0.3) is 0 Å². The van der Waals surface area contributed by atoms with Gasteiger partial charge in [0.15, 0.2) is 0 Å². The minimum absolute atomic E-state index is 0.295. The molecule has 210 valence electrons. The van der Waals surface area contributed by atoms with Gasteiger partial charge in [-0.25, -0.2) is 0 Å². The Kier molecular flexibility index (Phi) is 8.29. The van der Waals surface area contributed by atoms with Gasteiger partial charge in [-0.15, -0.1) is 0 Å². The monoisotopic (exact) mass is 514 g/mol. The molecule has 4 rings (SSSR count). The van der Waals surface area contributed by atoms with Gasteiger partial charge in [-0.05, 0) is 138 Å². The summed E-state index contributed by atoms with van der Waals surface area (Å²) in [4.78, 5) is 0. The van der Waals surface area contributed by atoms with Gasteiger partial charge in [-0.1, -0.05) is 37.6 Å². The fourth-order valence-electron chi connectivity index (χ4n) is 8.72. The Balaban J connectivity index is 1.54. The highest BCUT2D eigenvalue weighted by molar-refractivity contribution is 5.39. The lowest BCUT2D eigenvalue weighted by Gasteiger charge is -2.46. The molecule has 37 heavy (non-hydrogen) atoms. The maximum atomic E-state index is 10.4. The zero-order valence-corrected chi connectivity index (χ0v) is 24.2. The maximum Gasteiger partial charge on any atom is 0.0811 e. The van der Waals surface area contributed by atoms with Crippen LogP contribution in [0.5, 0.6) is 0 Å². The van der Waals surface area contributed by atoms with E-state index >= 15 is 0 Å². The standard InChI is InChI=1S/C33H54O4/c1-22-24(19-26(34)20-28(22)35)11-10-23-9-7-16-32(6)27(23)12-13-29(32)33(17-8-15-30(2,3)36)21-25(33)14-18-31(4,5)37/h10-11,25-29,34-37H,1,7-9,12-21H2,2-6H3/b23-10+,24-11-/t25-,26-,27?,28+,29+,32+,33-/m1/s1. The average molecular weight is 515 g/mol. The summed E-state index contributed by atoms with van der Waals surface area (Å²) in [6, 6.07) is 0. The van der Waals surface area contributed by atoms with Crippen molar-refractivity contribution in [2.24, 2.45) is 28.6 Å². The highest BCUT2D eigenvalue weighted by Crippen LogP contribution is 2.73. The maximum absolute atomic E-state index is 10.4. The van der Waals surface area contributed by atoms with Crippen LogP contribution in [0.2, 0.25) is 0 Å². The molecule has 0 aromatic rings. The number of aliphatic hydroxyl groups is 4. The molecule has 0 radical (unpaired) electrons. The first kappa shape index (κ1) is 29.1. The highest BCUT2D eigenvalue weighted by atomic mass is 16.3. The summed E-state index contributed by atoms with van der Waals surface area (Å²) in [5.41, 5.74) is 2.74. The third kappa shape index (κ3) is 6.45. The molecule has 7 atom stereocenters. The zero-order chi connectivity index (χ0) is 27.2. The van der Waals surface area contributed by atoms with Gasteiger partial charge in [0.1, 0.15) is 0 Å². The SMILES string of the molecule is C=C1/C(=C\C=C2/CCC[C@@]3(C)C2CC[C@@H]3[C@]2(CCCC(C)(C)O)C[C@H]2CCC(C)(C)O)C[C@@H](O)C[C@@H]1O. The molecule has 0 aromatic heterocycles. The number of hydrogen-bond acceptors (Lipinski definition) is 4. The van der Waals surface area contributed by atoms with Crippen LogP contribution in [0.1, 0.15) is 118 Å². The lowest BCUT2D eigenvalue weighted by atomic mass is 9.59. The molecule has 0 spiro atoms. The van der Waals surface area contributed by atoms with Crippen LogP contribution in [-0.4, -0.2) is 43.8 Å². The smallest absolute Gasteiger partial charge is 0.0811 e. The predicted molar refractivity (Wildman–Crippen MR) is 151 cm³/mol. The van der Waals surface area contributed by atoms with Gasteiger partial charge in [-0.2, -0.15) is 0 Å². The van der Waals surface area contributed by atoms with Gasteiger partial charge in [-0.3, -0.25) is 0 Å². The molecule has 1 unspecified atom stereocenters. The molecule has 4 heteroatoms. The lowest BCUT2D eigenvalue weighted by molar-refractivity contribution is 0.0414. The van der Waals surface area contributed by atoms with Crippen molar-refractivity contribution in [3.8, 4) is 0 Å². The molecule has 4 aliphatic carbocycles. The number of allylic oxidation sites excluding steroid dienone is 3. The van der Waals surface area contributed by atoms with Crippen molar-refractivity contribution in [2.45, 2.75) is 141 Å². The first-order valence-corrected chi connectivity index (χ1v) is 15.0. The molecular formula is C33H54O4. The molecule has 0 bridgehead atoms. The predicted octanol–water partition coefficient (Wildman–Crippen LogP) is 6.63. The summed E-state index contributed by atoms with van der Waals surface area (Å²) in [7, 11) is 0. The zero-order valence-electron chi connectivity index (χ0n) is 24.2. The third-order valence-corrected chi connectivity index (χ3v) is 10.7. The topological polar surface area (TPSA) is 80.9 Å². The lowest BCUT2D eigenvalue weighted by Crippen LogP contribution is -2.38. The van der Waals surface area contributed by atoms with Gasteiger partial charge in [0, 0.05) is 6.42 Å². The van der Waals surface area contributed by atoms with E-state index in [4.69, 9.17) is 0 Å². The molecule has 0 saturated heterocycles. The van der Waals surface area contributed by atoms with Crippen LogP contribution in [0, 0.1) is 28.6 Å². The van der Waals surface area contributed by atoms with Gasteiger partial charge in [0.05, 0.1) is 23.4 Å². The van der Waals surface area contributed by atoms with Crippen LogP contribution in [0.15, 0.2) is 35.5 Å². The molecule has 0 heterocycles. The summed E-state index contributed by atoms with van der Waals surface area (Å²) in [6.45, 7) is 14.4. The summed E-state index contributed by atoms with van der Waals surface area (Å²) in [6.07, 6.45) is 16.8. The van der Waals surface area contributed by atoms with E-state index in [1.54, 1.807) is 5.57 Å². The van der Waals surface area contributed by atoms with Crippen molar-refractivity contribution in [2.75, 3.05) is 0 Å². The summed E-state index contributed by atoms with van der Waals surface area (Å²) in [5.74, 6) is 1.98. The Morgan fingerprint density at radius 3 is 2.41 bits per heavy atom. The van der Waals surface area contributed by atoms with Crippen molar-refractivity contribution < 1.29 is 20.4 Å². The van der Waals surface area contributed by atoms with Crippen molar-refractivity contribution in [3.05, 3.63) is 35.5 Å². The molecular weight excluding hydrogens is 460 g/mol. The van der Waals surface area contributed by atoms with E-state index in [1.807, 2.05) is 27.7 Å². The Bertz CT molecular complexity index is 902. The second kappa shape index (κ2) is 10.6. The van der Waals surface area contributed by atoms with E-state index in [2.05, 4.69) is 25.7 Å². The minimum Gasteiger partial charge on any atom is -0.393 e. The van der Waals surface area contributed by atoms with Crippen LogP contribution in [-0.2, 0) is 0 Å². The number of rotatable bonds is 9. The number of aliphatic hydroxyl groups excluding tert-OH is 2. The van der Waals surface area contributed by atoms with Crippen molar-refractivity contribution in [1.82, 2.24) is 0 Å². The normalized spacial score (nSPS) is 40.9. The largest absolute Gasteiger partial charge is 0.393 e. The Labute approximate surface area is 226 Å². The van der Waals surface area contributed by atoms with E-state index in [-0.39, 0.29) is 0 Å². The Morgan fingerprint density at radius 1 is 1.03 bits per heavy atom. The van der Waals surface area contributed by atoms with Crippen molar-refractivity contribution >= 4 is 0 Å². The van der Waals surface area contributed by atoms with Crippen LogP contribution in [0.3, 0.4) is 0 Å². The Hall–Kier alpha value is -0.940. The van der Waals surface area contributed by atoms with Gasteiger partial charge >= 0.3 is 0 Å². The van der Waals surface area contributed by atoms with E-state index < -0.39 is 23.4 Å². The molecule has 4 aliphatic rings. The van der Waals surface area contributed by atoms with Crippen molar-refractivity contribution in [1.29, 1.82) is 0 Å². The number of hydrogen-bond donors (Lipinski definition) is 4. The van der Waals surface area contributed by atoms with E-state index in [0.717, 1.165) is 43.3 Å². The highest BCUT2D eigenvalue weighted by Gasteiger charge is 2.65. The molecule has 4 nitrogen and oxygen atoms in total. The Morgan fingerprint density at radius 2 is 1.73 bits per heavy atom. The fraction of sp³-hybridized carbons (Fsp3) is 0.818. The van der Waals surface area contributed by atoms with Crippen molar-refractivity contribution in [3.63, 3.8) is 0 Å². The average Bonchev–Trinajstić information content (AvgIpc) is 3.34. The minimum atomic E-state index is -0.639. The van der Waals surface area contributed by atoms with Crippen LogP contribution in [0.4, 0.5) is 0 Å². The molecule has 0 aliphatic heterocycles. The third-order valence-electron chi connectivity index (χ3n) is 10.7. The van der Waals surface area contributed by atoms with E-state index in [1.165, 1.54) is 38.5 Å². The summed E-state index contributed by atoms with van der Waals surface area (Å²) in [5, 5.41) is 41.2. The number of fused-ring (bicyclic) bond motifs is 1. The molecule has 4 fully saturated rings. The van der Waals surface area contributed by atoms with Gasteiger partial charge in [0.2, 0.25) is 0 Å². The second-order valence-corrected chi connectivity index (χ2v) is 14.8. The second-order valence-electron chi connectivity index (χ2n) is 14.8. The van der Waals surface area contributed by atoms with E-state index in [0.29, 0.717) is 41.4 Å². The van der Waals surface area contributed by atoms with E-state index in [9.17, 15) is 20.4 Å². The quantitative estimate of drug-likeness (QED) is 0.278. The molecule has 4 saturated carbocycles. The first-order valence-electron chi connectivity index (χ1n) is 15.0. The van der Waals surface area contributed by atoms with Crippen LogP contribution < -0.4 is 0 Å². The first-order chi connectivity index (χ1) is 17.1. The molecule has 0 amide bonds. The van der Waals surface area contributed by atoms with Crippen LogP contribution >= 0.6 is 0 Å². The van der Waals surface area contributed by atoms with Gasteiger partial charge in [0.25, 0.3) is 0 Å². The molecule has 4 N–H and O–H groups in total. The fourth-order valence-corrected chi connectivity index (χ4v) is 8.72.